The lowest BCUT2D eigenvalue weighted by Gasteiger charge is -2.15. The zero-order valence-corrected chi connectivity index (χ0v) is 19.7. The molecule has 0 aromatic carbocycles. The average Bonchev–Trinajstić information content (AvgIpc) is 2.63. The number of carbonyl (C=O) groups is 3. The van der Waals surface area contributed by atoms with Crippen LogP contribution < -0.4 is 5.32 Å². The predicted molar refractivity (Wildman–Crippen MR) is 130 cm³/mol. The van der Waals surface area contributed by atoms with Gasteiger partial charge >= 0.3 is 11.9 Å². The average molecular weight is 456 g/mol. The SMILES string of the molecule is C.CC(C)=CCC/C(C)=C/CC/C(C)=C/CSC[C@H](NC(=O)CC(C)C(=O)O)C(=O)O. The van der Waals surface area contributed by atoms with E-state index in [4.69, 9.17) is 5.11 Å². The Morgan fingerprint density at radius 2 is 1.45 bits per heavy atom. The Morgan fingerprint density at radius 1 is 0.903 bits per heavy atom. The number of allylic oxidation sites excluding steroid dienone is 5. The molecule has 0 saturated carbocycles. The fraction of sp³-hybridized carbons (Fsp3) is 0.625. The van der Waals surface area contributed by atoms with Gasteiger partial charge in [-0.2, -0.15) is 11.8 Å². The lowest BCUT2D eigenvalue weighted by atomic mass is 10.1. The molecule has 31 heavy (non-hydrogen) atoms. The number of rotatable bonds is 15. The highest BCUT2D eigenvalue weighted by atomic mass is 32.2. The van der Waals surface area contributed by atoms with Crippen molar-refractivity contribution in [3.05, 3.63) is 34.9 Å². The zero-order valence-electron chi connectivity index (χ0n) is 18.9. The maximum Gasteiger partial charge on any atom is 0.327 e. The highest BCUT2D eigenvalue weighted by Crippen LogP contribution is 2.13. The molecule has 2 atom stereocenters. The summed E-state index contributed by atoms with van der Waals surface area (Å²) in [5, 5.41) is 20.5. The third-order valence-electron chi connectivity index (χ3n) is 4.50. The third-order valence-corrected chi connectivity index (χ3v) is 5.47. The van der Waals surface area contributed by atoms with Crippen molar-refractivity contribution in [2.24, 2.45) is 5.92 Å². The Bertz CT molecular complexity index is 663. The molecule has 6 nitrogen and oxygen atoms in total. The van der Waals surface area contributed by atoms with Gasteiger partial charge in [0.25, 0.3) is 0 Å². The molecule has 0 rings (SSSR count). The summed E-state index contributed by atoms with van der Waals surface area (Å²) in [6, 6.07) is -1.02. The first-order chi connectivity index (χ1) is 14.0. The number of thioether (sulfide) groups is 1. The van der Waals surface area contributed by atoms with Gasteiger partial charge in [0.15, 0.2) is 0 Å². The smallest absolute Gasteiger partial charge is 0.327 e. The molecule has 3 N–H and O–H groups in total. The Hall–Kier alpha value is -2.02. The normalized spacial score (nSPS) is 13.6. The molecule has 0 aromatic heterocycles. The summed E-state index contributed by atoms with van der Waals surface area (Å²) in [6.45, 7) is 9.86. The molecule has 0 radical (unpaired) electrons. The van der Waals surface area contributed by atoms with E-state index in [-0.39, 0.29) is 19.6 Å². The first-order valence-corrected chi connectivity index (χ1v) is 11.5. The second-order valence-corrected chi connectivity index (χ2v) is 8.97. The van der Waals surface area contributed by atoms with Crippen molar-refractivity contribution in [1.29, 1.82) is 0 Å². The van der Waals surface area contributed by atoms with E-state index in [0.717, 1.165) is 25.7 Å². The summed E-state index contributed by atoms with van der Waals surface area (Å²) < 4.78 is 0. The lowest BCUT2D eigenvalue weighted by Crippen LogP contribution is -2.43. The zero-order chi connectivity index (χ0) is 23.1. The van der Waals surface area contributed by atoms with E-state index in [1.54, 1.807) is 0 Å². The van der Waals surface area contributed by atoms with Gasteiger partial charge in [-0.3, -0.25) is 9.59 Å². The van der Waals surface area contributed by atoms with Crippen LogP contribution in [-0.4, -0.2) is 45.6 Å². The van der Waals surface area contributed by atoms with Crippen LogP contribution in [0.1, 0.15) is 74.1 Å². The predicted octanol–water partition coefficient (Wildman–Crippen LogP) is 5.46. The van der Waals surface area contributed by atoms with Crippen LogP contribution >= 0.6 is 11.8 Å². The molecular weight excluding hydrogens is 414 g/mol. The minimum Gasteiger partial charge on any atom is -0.481 e. The van der Waals surface area contributed by atoms with Crippen LogP contribution in [0.15, 0.2) is 34.9 Å². The summed E-state index contributed by atoms with van der Waals surface area (Å²) in [7, 11) is 0. The monoisotopic (exact) mass is 455 g/mol. The van der Waals surface area contributed by atoms with Crippen molar-refractivity contribution >= 4 is 29.6 Å². The Balaban J connectivity index is 0. The maximum absolute atomic E-state index is 11.8. The van der Waals surface area contributed by atoms with Gasteiger partial charge in [-0.05, 0) is 53.4 Å². The summed E-state index contributed by atoms with van der Waals surface area (Å²) in [5.41, 5.74) is 3.99. The van der Waals surface area contributed by atoms with Crippen LogP contribution in [0.2, 0.25) is 0 Å². The van der Waals surface area contributed by atoms with Gasteiger partial charge in [0.1, 0.15) is 6.04 Å². The van der Waals surface area contributed by atoms with E-state index in [9.17, 15) is 19.5 Å². The number of carbonyl (C=O) groups excluding carboxylic acids is 1. The minimum atomic E-state index is -1.12. The van der Waals surface area contributed by atoms with E-state index in [2.05, 4.69) is 51.2 Å². The second-order valence-electron chi connectivity index (χ2n) is 7.90. The molecule has 0 spiro atoms. The number of carboxylic acid groups (broad SMARTS) is 2. The van der Waals surface area contributed by atoms with Crippen LogP contribution in [0.4, 0.5) is 0 Å². The van der Waals surface area contributed by atoms with Crippen molar-refractivity contribution in [1.82, 2.24) is 5.32 Å². The molecule has 0 aliphatic rings. The number of hydrogen-bond acceptors (Lipinski definition) is 4. The van der Waals surface area contributed by atoms with Crippen LogP contribution in [0.3, 0.4) is 0 Å². The summed E-state index contributed by atoms with van der Waals surface area (Å²) in [6.07, 6.45) is 10.5. The first kappa shape index (κ1) is 31.2. The van der Waals surface area contributed by atoms with E-state index in [1.807, 2.05) is 0 Å². The van der Waals surface area contributed by atoms with Gasteiger partial charge in [0.2, 0.25) is 5.91 Å². The van der Waals surface area contributed by atoms with Crippen LogP contribution in [-0.2, 0) is 14.4 Å². The third kappa shape index (κ3) is 17.4. The highest BCUT2D eigenvalue weighted by Gasteiger charge is 2.22. The maximum atomic E-state index is 11.8. The summed E-state index contributed by atoms with van der Waals surface area (Å²) in [5.74, 6) is -2.70. The van der Waals surface area contributed by atoms with Crippen molar-refractivity contribution in [2.75, 3.05) is 11.5 Å². The number of aliphatic carboxylic acids is 2. The number of hydrogen-bond donors (Lipinski definition) is 3. The standard InChI is InChI=1S/C23H37NO5S.CH4/c1-16(2)8-6-9-17(3)10-7-11-18(4)12-13-30-15-20(23(28)29)24-21(25)14-19(5)22(26)27;/h8,10,12,19-20H,6-7,9,11,13-15H2,1-5H3,(H,24,25)(H,26,27)(H,28,29);1H4/b17-10+,18-12+;/t19?,20-;/m0./s1. The quantitative estimate of drug-likeness (QED) is 0.224. The Kier molecular flexibility index (Phi) is 17.7. The van der Waals surface area contributed by atoms with Gasteiger partial charge < -0.3 is 15.5 Å². The topological polar surface area (TPSA) is 104 Å². The van der Waals surface area contributed by atoms with Gasteiger partial charge in [0.05, 0.1) is 5.92 Å². The Morgan fingerprint density at radius 3 is 1.97 bits per heavy atom. The van der Waals surface area contributed by atoms with Crippen molar-refractivity contribution in [3.8, 4) is 0 Å². The van der Waals surface area contributed by atoms with Gasteiger partial charge in [-0.1, -0.05) is 49.3 Å². The molecule has 1 unspecified atom stereocenters. The van der Waals surface area contributed by atoms with Crippen LogP contribution in [0, 0.1) is 5.92 Å². The fourth-order valence-electron chi connectivity index (χ4n) is 2.52. The number of nitrogens with one attached hydrogen (secondary N) is 1. The molecule has 7 heteroatoms. The van der Waals surface area contributed by atoms with Gasteiger partial charge in [-0.25, -0.2) is 4.79 Å². The molecule has 0 fully saturated rings. The molecule has 0 saturated heterocycles. The number of amides is 1. The van der Waals surface area contributed by atoms with Crippen molar-refractivity contribution < 1.29 is 24.6 Å². The van der Waals surface area contributed by atoms with E-state index < -0.39 is 29.8 Å². The van der Waals surface area contributed by atoms with Gasteiger partial charge in [-0.15, -0.1) is 0 Å². The van der Waals surface area contributed by atoms with E-state index >= 15 is 0 Å². The minimum absolute atomic E-state index is 0. The highest BCUT2D eigenvalue weighted by molar-refractivity contribution is 7.99. The molecular formula is C24H41NO5S. The second kappa shape index (κ2) is 17.6. The molecule has 0 aliphatic heterocycles. The van der Waals surface area contributed by atoms with Crippen molar-refractivity contribution in [2.45, 2.75) is 80.2 Å². The Labute approximate surface area is 192 Å². The lowest BCUT2D eigenvalue weighted by molar-refractivity contribution is -0.144. The summed E-state index contributed by atoms with van der Waals surface area (Å²) >= 11 is 1.43. The molecule has 0 aliphatic carbocycles. The molecule has 178 valence electrons. The molecule has 0 heterocycles. The first-order valence-electron chi connectivity index (χ1n) is 10.3. The van der Waals surface area contributed by atoms with Crippen molar-refractivity contribution in [3.63, 3.8) is 0 Å². The van der Waals surface area contributed by atoms with Crippen LogP contribution in [0.25, 0.3) is 0 Å². The molecule has 0 aromatic rings. The molecule has 0 bridgehead atoms. The summed E-state index contributed by atoms with van der Waals surface area (Å²) in [4.78, 5) is 33.9. The molecule has 1 amide bonds. The van der Waals surface area contributed by atoms with E-state index in [0.29, 0.717) is 5.75 Å². The van der Waals surface area contributed by atoms with Gasteiger partial charge in [0, 0.05) is 17.9 Å². The van der Waals surface area contributed by atoms with E-state index in [1.165, 1.54) is 35.4 Å². The largest absolute Gasteiger partial charge is 0.481 e. The fourth-order valence-corrected chi connectivity index (χ4v) is 3.52. The van der Waals surface area contributed by atoms with Crippen LogP contribution in [0.5, 0.6) is 0 Å². The number of carboxylic acids is 2.